The molecule has 1 spiro atoms. The molecule has 0 aromatic heterocycles. The molecule has 0 aliphatic carbocycles. The molecule has 1 atom stereocenters. The number of rotatable bonds is 5. The van der Waals surface area contributed by atoms with Gasteiger partial charge in [-0.2, -0.15) is 10.2 Å². The fourth-order valence-corrected chi connectivity index (χ4v) is 5.83. The van der Waals surface area contributed by atoms with E-state index >= 15 is 0 Å². The van der Waals surface area contributed by atoms with Crippen molar-refractivity contribution in [1.82, 2.24) is 0 Å². The second-order valence-corrected chi connectivity index (χ2v) is 10.6. The van der Waals surface area contributed by atoms with Crippen molar-refractivity contribution in [2.75, 3.05) is 10.0 Å². The normalized spacial score (nSPS) is 19.8. The van der Waals surface area contributed by atoms with Crippen LogP contribution in [0, 0.1) is 6.92 Å². The maximum absolute atomic E-state index is 12.5. The third kappa shape index (κ3) is 4.27. The van der Waals surface area contributed by atoms with Crippen LogP contribution in [0.2, 0.25) is 0 Å². The number of Topliss-reactive ketones (excluding diaryl/α,β-unsaturated/α-hetero) is 1. The van der Waals surface area contributed by atoms with E-state index in [1.54, 1.807) is 6.92 Å². The van der Waals surface area contributed by atoms with Crippen molar-refractivity contribution in [2.45, 2.75) is 51.4 Å². The smallest absolute Gasteiger partial charge is 0.208 e. The number of benzene rings is 3. The van der Waals surface area contributed by atoms with Gasteiger partial charge in [-0.25, -0.2) is 10.0 Å². The van der Waals surface area contributed by atoms with E-state index in [-0.39, 0.29) is 5.78 Å². The third-order valence-corrected chi connectivity index (χ3v) is 8.02. The number of hydrogen-bond donors (Lipinski definition) is 0. The topological polar surface area (TPSA) is 48.3 Å². The zero-order valence-corrected chi connectivity index (χ0v) is 21.4. The molecule has 5 nitrogen and oxygen atoms in total. The molecule has 0 amide bonds. The Labute approximate surface area is 211 Å². The van der Waals surface area contributed by atoms with Crippen LogP contribution < -0.4 is 10.0 Å². The summed E-state index contributed by atoms with van der Waals surface area (Å²) >= 11 is 1.51. The fraction of sp³-hybridized carbons (Fsp3) is 0.276. The molecule has 0 saturated heterocycles. The number of para-hydroxylation sites is 2. The summed E-state index contributed by atoms with van der Waals surface area (Å²) in [7, 11) is 0. The largest absolute Gasteiger partial charge is 0.292 e. The SMILES string of the molecule is CC(=O)C1=NN(c2ccccc2C)[C@]2(CCC(c3ccc(C(C)C)cc3)=NN2c2ccccc2)S1. The second-order valence-electron chi connectivity index (χ2n) is 9.38. The number of aryl methyl sites for hydroxylation is 1. The highest BCUT2D eigenvalue weighted by molar-refractivity contribution is 8.17. The summed E-state index contributed by atoms with van der Waals surface area (Å²) in [4.78, 5) is 11.8. The van der Waals surface area contributed by atoms with Crippen molar-refractivity contribution < 1.29 is 4.79 Å². The van der Waals surface area contributed by atoms with Crippen LogP contribution >= 0.6 is 11.8 Å². The number of hydrogen-bond acceptors (Lipinski definition) is 6. The number of hydrazone groups is 2. The first-order chi connectivity index (χ1) is 16.9. The van der Waals surface area contributed by atoms with Crippen molar-refractivity contribution >= 4 is 39.7 Å². The number of thioether (sulfide) groups is 1. The van der Waals surface area contributed by atoms with Crippen molar-refractivity contribution in [1.29, 1.82) is 0 Å². The van der Waals surface area contributed by atoms with Crippen LogP contribution in [0.4, 0.5) is 11.4 Å². The first-order valence-corrected chi connectivity index (χ1v) is 12.9. The molecule has 0 radical (unpaired) electrons. The summed E-state index contributed by atoms with van der Waals surface area (Å²) in [5, 5.41) is 14.7. The van der Waals surface area contributed by atoms with Crippen LogP contribution in [0.25, 0.3) is 0 Å². The van der Waals surface area contributed by atoms with E-state index in [0.29, 0.717) is 11.0 Å². The van der Waals surface area contributed by atoms with Crippen molar-refractivity contribution in [3.8, 4) is 0 Å². The van der Waals surface area contributed by atoms with Crippen LogP contribution in [0.3, 0.4) is 0 Å². The van der Waals surface area contributed by atoms with E-state index in [0.717, 1.165) is 41.1 Å². The van der Waals surface area contributed by atoms with Gasteiger partial charge in [0.1, 0.15) is 0 Å². The lowest BCUT2D eigenvalue weighted by Gasteiger charge is -2.46. The second kappa shape index (κ2) is 9.34. The molecule has 35 heavy (non-hydrogen) atoms. The number of ketones is 1. The van der Waals surface area contributed by atoms with Gasteiger partial charge in [-0.1, -0.05) is 74.5 Å². The molecule has 3 aromatic carbocycles. The Kier molecular flexibility index (Phi) is 6.24. The van der Waals surface area contributed by atoms with Crippen molar-refractivity contribution in [2.24, 2.45) is 10.2 Å². The van der Waals surface area contributed by atoms with E-state index in [4.69, 9.17) is 10.2 Å². The number of carbonyl (C=O) groups is 1. The number of anilines is 2. The van der Waals surface area contributed by atoms with Gasteiger partial charge < -0.3 is 0 Å². The van der Waals surface area contributed by atoms with Gasteiger partial charge in [0.05, 0.1) is 17.1 Å². The molecule has 0 saturated carbocycles. The minimum absolute atomic E-state index is 0.0301. The lowest BCUT2D eigenvalue weighted by Crippen LogP contribution is -2.56. The molecular formula is C29H30N4OS. The maximum Gasteiger partial charge on any atom is 0.208 e. The minimum atomic E-state index is -0.671. The van der Waals surface area contributed by atoms with Gasteiger partial charge in [-0.15, -0.1) is 0 Å². The van der Waals surface area contributed by atoms with Gasteiger partial charge in [-0.3, -0.25) is 4.79 Å². The van der Waals surface area contributed by atoms with Crippen LogP contribution in [-0.4, -0.2) is 21.5 Å². The van der Waals surface area contributed by atoms with E-state index in [2.05, 4.69) is 74.3 Å². The molecule has 5 rings (SSSR count). The molecule has 6 heteroatoms. The minimum Gasteiger partial charge on any atom is -0.292 e. The Bertz CT molecular complexity index is 1300. The van der Waals surface area contributed by atoms with Crippen LogP contribution in [0.1, 0.15) is 56.2 Å². The Morgan fingerprint density at radius 2 is 1.60 bits per heavy atom. The monoisotopic (exact) mass is 482 g/mol. The van der Waals surface area contributed by atoms with Gasteiger partial charge in [-0.05, 0) is 65.9 Å². The first-order valence-electron chi connectivity index (χ1n) is 12.1. The highest BCUT2D eigenvalue weighted by Gasteiger charge is 2.53. The zero-order chi connectivity index (χ0) is 24.6. The fourth-order valence-electron chi connectivity index (χ4n) is 4.59. The molecule has 0 bridgehead atoms. The molecule has 178 valence electrons. The molecule has 0 N–H and O–H groups in total. The summed E-state index contributed by atoms with van der Waals surface area (Å²) in [6.45, 7) is 8.08. The average molecular weight is 483 g/mol. The van der Waals surface area contributed by atoms with E-state index in [9.17, 15) is 4.79 Å². The summed E-state index contributed by atoms with van der Waals surface area (Å²) in [5.41, 5.74) is 6.54. The Hall–Kier alpha value is -3.38. The van der Waals surface area contributed by atoms with E-state index < -0.39 is 4.99 Å². The Balaban J connectivity index is 1.64. The summed E-state index contributed by atoms with van der Waals surface area (Å²) in [5.74, 6) is 0.457. The van der Waals surface area contributed by atoms with Crippen LogP contribution in [0.5, 0.6) is 0 Å². The van der Waals surface area contributed by atoms with Gasteiger partial charge in [0.15, 0.2) is 10.8 Å². The summed E-state index contributed by atoms with van der Waals surface area (Å²) in [6.07, 6.45) is 1.53. The number of nitrogens with zero attached hydrogens (tertiary/aromatic N) is 4. The predicted molar refractivity (Wildman–Crippen MR) is 147 cm³/mol. The van der Waals surface area contributed by atoms with Gasteiger partial charge in [0.2, 0.25) is 4.99 Å². The van der Waals surface area contributed by atoms with Gasteiger partial charge in [0, 0.05) is 13.3 Å². The molecule has 2 aliphatic heterocycles. The molecule has 0 unspecified atom stereocenters. The molecule has 2 aliphatic rings. The van der Waals surface area contributed by atoms with Gasteiger partial charge in [0.25, 0.3) is 0 Å². The number of carbonyl (C=O) groups excluding carboxylic acids is 1. The lowest BCUT2D eigenvalue weighted by atomic mass is 9.97. The molecular weight excluding hydrogens is 452 g/mol. The standard InChI is InChI=1S/C29H30N4OS/c1-20(2)23-14-16-24(17-15-23)26-18-19-29(32(30-26)25-11-6-5-7-12-25)33(31-28(35-29)22(4)34)27-13-9-8-10-21(27)3/h5-17,20H,18-19H2,1-4H3/t29-/m1/s1. The predicted octanol–water partition coefficient (Wildman–Crippen LogP) is 6.93. The van der Waals surface area contributed by atoms with Gasteiger partial charge >= 0.3 is 0 Å². The highest BCUT2D eigenvalue weighted by atomic mass is 32.2. The first kappa shape index (κ1) is 23.4. The van der Waals surface area contributed by atoms with E-state index in [1.807, 2.05) is 35.3 Å². The third-order valence-electron chi connectivity index (χ3n) is 6.58. The molecule has 0 fully saturated rings. The molecule has 3 aromatic rings. The Morgan fingerprint density at radius 3 is 2.26 bits per heavy atom. The lowest BCUT2D eigenvalue weighted by molar-refractivity contribution is -0.110. The quantitative estimate of drug-likeness (QED) is 0.395. The molecule has 2 heterocycles. The van der Waals surface area contributed by atoms with E-state index in [1.165, 1.54) is 17.3 Å². The maximum atomic E-state index is 12.5. The zero-order valence-electron chi connectivity index (χ0n) is 20.6. The Morgan fingerprint density at radius 1 is 0.914 bits per heavy atom. The highest BCUT2D eigenvalue weighted by Crippen LogP contribution is 2.50. The van der Waals surface area contributed by atoms with Crippen LogP contribution in [-0.2, 0) is 4.79 Å². The van der Waals surface area contributed by atoms with Crippen LogP contribution in [0.15, 0.2) is 89.1 Å². The van der Waals surface area contributed by atoms with Crippen molar-refractivity contribution in [3.63, 3.8) is 0 Å². The average Bonchev–Trinajstić information content (AvgIpc) is 3.25. The summed E-state index contributed by atoms with van der Waals surface area (Å²) in [6, 6.07) is 27.1. The van der Waals surface area contributed by atoms with Crippen molar-refractivity contribution in [3.05, 3.63) is 95.6 Å². The summed E-state index contributed by atoms with van der Waals surface area (Å²) < 4.78 is 0.